The van der Waals surface area contributed by atoms with E-state index in [-0.39, 0.29) is 0 Å². The Balaban J connectivity index is 1.95. The summed E-state index contributed by atoms with van der Waals surface area (Å²) in [6, 6.07) is 20.8. The summed E-state index contributed by atoms with van der Waals surface area (Å²) >= 11 is -2.58. The molecule has 0 bridgehead atoms. The van der Waals surface area contributed by atoms with Gasteiger partial charge in [0.1, 0.15) is 17.1 Å². The molecule has 0 spiro atoms. The van der Waals surface area contributed by atoms with E-state index >= 15 is 0 Å². The largest absolute Gasteiger partial charge is 0.740 e. The number of nitrogens with one attached hydrogen (secondary N) is 1. The number of para-hydroxylation sites is 1. The lowest BCUT2D eigenvalue weighted by Crippen LogP contribution is -1.98. The lowest BCUT2D eigenvalue weighted by molar-refractivity contribution is 0.442. The van der Waals surface area contributed by atoms with Crippen molar-refractivity contribution in [2.24, 2.45) is 0 Å². The van der Waals surface area contributed by atoms with E-state index < -0.39 is 11.4 Å². The lowest BCUT2D eigenvalue weighted by Gasteiger charge is -2.11. The summed E-state index contributed by atoms with van der Waals surface area (Å²) in [5, 5.41) is 4.95. The molecule has 3 aromatic carbocycles. The van der Waals surface area contributed by atoms with E-state index in [0.29, 0.717) is 5.75 Å². The molecule has 0 aliphatic heterocycles. The second kappa shape index (κ2) is 5.95. The minimum absolute atomic E-state index is 0.326. The normalized spacial score (nSPS) is 12.0. The van der Waals surface area contributed by atoms with Crippen LogP contribution < -0.4 is 9.50 Å². The fourth-order valence-electron chi connectivity index (χ4n) is 2.17. The van der Waals surface area contributed by atoms with Crippen LogP contribution in [0.3, 0.4) is 0 Å². The first kappa shape index (κ1) is 13.6. The van der Waals surface area contributed by atoms with Crippen molar-refractivity contribution in [3.63, 3.8) is 0 Å². The average Bonchev–Trinajstić information content (AvgIpc) is 2.48. The highest BCUT2D eigenvalue weighted by molar-refractivity contribution is 7.74. The van der Waals surface area contributed by atoms with Crippen molar-refractivity contribution < 1.29 is 12.9 Å². The molecule has 0 aromatic heterocycles. The Morgan fingerprint density at radius 3 is 2.48 bits per heavy atom. The maximum Gasteiger partial charge on any atom is 0.147 e. The first-order valence-corrected chi connectivity index (χ1v) is 7.35. The highest BCUT2D eigenvalue weighted by Gasteiger charge is 2.04. The van der Waals surface area contributed by atoms with Gasteiger partial charge in [0, 0.05) is 16.8 Å². The smallest absolute Gasteiger partial charge is 0.147 e. The van der Waals surface area contributed by atoms with Gasteiger partial charge in [0.25, 0.3) is 0 Å². The van der Waals surface area contributed by atoms with Crippen LogP contribution in [0.1, 0.15) is 0 Å². The minimum Gasteiger partial charge on any atom is -0.740 e. The van der Waals surface area contributed by atoms with Gasteiger partial charge in [-0.25, -0.2) is 4.21 Å². The molecule has 3 aromatic rings. The Labute approximate surface area is 124 Å². The highest BCUT2D eigenvalue weighted by atomic mass is 32.2. The first-order valence-electron chi connectivity index (χ1n) is 6.35. The van der Waals surface area contributed by atoms with E-state index in [2.05, 4.69) is 5.32 Å². The SMILES string of the molecule is O=S([O-])Oc1cccc2cc(Nc3ccccc3)ccc12. The molecule has 0 heterocycles. The predicted octanol–water partition coefficient (Wildman–Crippen LogP) is 3.76. The van der Waals surface area contributed by atoms with Crippen LogP contribution in [0.5, 0.6) is 5.75 Å². The summed E-state index contributed by atoms with van der Waals surface area (Å²) in [6.07, 6.45) is 0. The molecular weight excluding hydrogens is 286 g/mol. The van der Waals surface area contributed by atoms with Gasteiger partial charge in [-0.05, 0) is 41.8 Å². The molecule has 0 aliphatic rings. The number of benzene rings is 3. The number of anilines is 2. The molecule has 0 fully saturated rings. The van der Waals surface area contributed by atoms with E-state index in [9.17, 15) is 8.76 Å². The molecule has 0 saturated carbocycles. The van der Waals surface area contributed by atoms with Crippen molar-refractivity contribution in [3.8, 4) is 5.75 Å². The molecule has 1 N–H and O–H groups in total. The van der Waals surface area contributed by atoms with Gasteiger partial charge < -0.3 is 14.1 Å². The van der Waals surface area contributed by atoms with Gasteiger partial charge in [-0.2, -0.15) is 0 Å². The summed E-state index contributed by atoms with van der Waals surface area (Å²) in [4.78, 5) is 0. The Morgan fingerprint density at radius 2 is 1.71 bits per heavy atom. The fraction of sp³-hybridized carbons (Fsp3) is 0. The van der Waals surface area contributed by atoms with Crippen LogP contribution in [0.2, 0.25) is 0 Å². The fourth-order valence-corrected chi connectivity index (χ4v) is 2.46. The van der Waals surface area contributed by atoms with Gasteiger partial charge in [-0.1, -0.05) is 30.3 Å². The van der Waals surface area contributed by atoms with Gasteiger partial charge in [-0.15, -0.1) is 0 Å². The molecule has 1 atom stereocenters. The van der Waals surface area contributed by atoms with Crippen LogP contribution in [0.25, 0.3) is 10.8 Å². The van der Waals surface area contributed by atoms with Gasteiger partial charge >= 0.3 is 0 Å². The van der Waals surface area contributed by atoms with E-state index in [1.165, 1.54) is 0 Å². The quantitative estimate of drug-likeness (QED) is 0.745. The molecule has 4 nitrogen and oxygen atoms in total. The van der Waals surface area contributed by atoms with Crippen molar-refractivity contribution in [3.05, 3.63) is 66.7 Å². The predicted molar refractivity (Wildman–Crippen MR) is 83.2 cm³/mol. The summed E-state index contributed by atoms with van der Waals surface area (Å²) in [7, 11) is 0. The standard InChI is InChI=1S/C16H13NO3S/c18-21(19)20-16-8-4-5-12-11-14(9-10-15(12)16)17-13-6-2-1-3-7-13/h1-11,17H,(H,18,19)/p-1. The molecule has 5 heteroatoms. The third-order valence-corrected chi connectivity index (χ3v) is 3.38. The van der Waals surface area contributed by atoms with Crippen LogP contribution in [-0.4, -0.2) is 8.76 Å². The zero-order chi connectivity index (χ0) is 14.7. The first-order chi connectivity index (χ1) is 10.2. The Kier molecular flexibility index (Phi) is 3.85. The molecule has 0 aliphatic carbocycles. The van der Waals surface area contributed by atoms with Crippen LogP contribution in [0.15, 0.2) is 66.7 Å². The molecule has 0 saturated heterocycles. The molecule has 3 rings (SSSR count). The van der Waals surface area contributed by atoms with Gasteiger partial charge in [0.05, 0.1) is 0 Å². The molecule has 0 radical (unpaired) electrons. The number of rotatable bonds is 4. The van der Waals surface area contributed by atoms with Crippen LogP contribution >= 0.6 is 0 Å². The number of hydrogen-bond donors (Lipinski definition) is 1. The second-order valence-electron chi connectivity index (χ2n) is 4.47. The van der Waals surface area contributed by atoms with E-state index in [1.54, 1.807) is 12.1 Å². The minimum atomic E-state index is -2.58. The molecule has 1 unspecified atom stereocenters. The third kappa shape index (κ3) is 3.21. The maximum atomic E-state index is 10.7. The van der Waals surface area contributed by atoms with Crippen molar-refractivity contribution in [1.29, 1.82) is 0 Å². The number of hydrogen-bond acceptors (Lipinski definition) is 4. The van der Waals surface area contributed by atoms with Gasteiger partial charge in [0.15, 0.2) is 0 Å². The zero-order valence-corrected chi connectivity index (χ0v) is 11.8. The zero-order valence-electron chi connectivity index (χ0n) is 11.0. The van der Waals surface area contributed by atoms with E-state index in [1.807, 2.05) is 54.6 Å². The maximum absolute atomic E-state index is 10.7. The highest BCUT2D eigenvalue weighted by Crippen LogP contribution is 2.29. The van der Waals surface area contributed by atoms with Crippen molar-refractivity contribution in [2.45, 2.75) is 0 Å². The summed E-state index contributed by atoms with van der Waals surface area (Å²) < 4.78 is 26.2. The summed E-state index contributed by atoms with van der Waals surface area (Å²) in [5.41, 5.74) is 1.92. The second-order valence-corrected chi connectivity index (χ2v) is 5.05. The van der Waals surface area contributed by atoms with Gasteiger partial charge in [-0.3, -0.25) is 0 Å². The molecule has 106 valence electrons. The lowest BCUT2D eigenvalue weighted by atomic mass is 10.1. The topological polar surface area (TPSA) is 61.4 Å². The molecule has 0 amide bonds. The van der Waals surface area contributed by atoms with E-state index in [4.69, 9.17) is 4.18 Å². The van der Waals surface area contributed by atoms with E-state index in [0.717, 1.165) is 22.1 Å². The average molecular weight is 298 g/mol. The van der Waals surface area contributed by atoms with Crippen LogP contribution in [0.4, 0.5) is 11.4 Å². The Bertz CT molecular complexity index is 790. The van der Waals surface area contributed by atoms with Crippen LogP contribution in [-0.2, 0) is 11.4 Å². The van der Waals surface area contributed by atoms with Crippen LogP contribution in [0, 0.1) is 0 Å². The molecular formula is C16H12NO3S-. The Hall–Kier alpha value is -2.37. The van der Waals surface area contributed by atoms with Crippen molar-refractivity contribution in [1.82, 2.24) is 0 Å². The molecule has 21 heavy (non-hydrogen) atoms. The third-order valence-electron chi connectivity index (χ3n) is 3.06. The van der Waals surface area contributed by atoms with Crippen molar-refractivity contribution >= 4 is 33.5 Å². The monoisotopic (exact) mass is 298 g/mol. The summed E-state index contributed by atoms with van der Waals surface area (Å²) in [6.45, 7) is 0. The Morgan fingerprint density at radius 1 is 0.905 bits per heavy atom. The summed E-state index contributed by atoms with van der Waals surface area (Å²) in [5.74, 6) is 0.326. The number of fused-ring (bicyclic) bond motifs is 1. The van der Waals surface area contributed by atoms with Gasteiger partial charge in [0.2, 0.25) is 0 Å². The van der Waals surface area contributed by atoms with Crippen molar-refractivity contribution in [2.75, 3.05) is 5.32 Å².